The molecule has 23 heavy (non-hydrogen) atoms. The first kappa shape index (κ1) is 16.8. The molecule has 0 saturated heterocycles. The van der Waals surface area contributed by atoms with Crippen LogP contribution < -0.4 is 5.46 Å². The van der Waals surface area contributed by atoms with E-state index in [1.165, 1.54) is 10.1 Å². The Labute approximate surface area is 146 Å². The van der Waals surface area contributed by atoms with Crippen LogP contribution >= 0.6 is 22.9 Å². The van der Waals surface area contributed by atoms with Crippen LogP contribution in [0.3, 0.4) is 0 Å². The van der Waals surface area contributed by atoms with Crippen molar-refractivity contribution in [3.8, 4) is 0 Å². The standard InChI is InChI=1S/C18H19BClO2S/c1-17(2,21)18(3,4)22-19-13-9-11(20)10-15-16(13)12-7-5-6-8-14(12)23-15/h5-10,21H,1-4H3. The second kappa shape index (κ2) is 5.78. The van der Waals surface area contributed by atoms with Gasteiger partial charge in [-0.2, -0.15) is 0 Å². The van der Waals surface area contributed by atoms with E-state index in [2.05, 4.69) is 12.1 Å². The third-order valence-corrected chi connectivity index (χ3v) is 5.76. The highest BCUT2D eigenvalue weighted by molar-refractivity contribution is 7.26. The fourth-order valence-corrected chi connectivity index (χ4v) is 3.77. The predicted molar refractivity (Wildman–Crippen MR) is 101 cm³/mol. The van der Waals surface area contributed by atoms with E-state index in [9.17, 15) is 5.11 Å². The zero-order valence-electron chi connectivity index (χ0n) is 13.7. The molecule has 2 nitrogen and oxygen atoms in total. The fraction of sp³-hybridized carbons (Fsp3) is 0.333. The van der Waals surface area contributed by atoms with Crippen molar-refractivity contribution in [2.75, 3.05) is 0 Å². The van der Waals surface area contributed by atoms with Gasteiger partial charge in [-0.3, -0.25) is 0 Å². The molecule has 119 valence electrons. The highest BCUT2D eigenvalue weighted by Gasteiger charge is 2.36. The zero-order valence-corrected chi connectivity index (χ0v) is 15.3. The van der Waals surface area contributed by atoms with Gasteiger partial charge in [0.25, 0.3) is 0 Å². The maximum atomic E-state index is 10.3. The summed E-state index contributed by atoms with van der Waals surface area (Å²) < 4.78 is 8.29. The molecule has 5 heteroatoms. The molecule has 1 heterocycles. The van der Waals surface area contributed by atoms with Gasteiger partial charge in [-0.25, -0.2) is 0 Å². The van der Waals surface area contributed by atoms with Crippen molar-refractivity contribution in [3.63, 3.8) is 0 Å². The first-order chi connectivity index (χ1) is 10.7. The lowest BCUT2D eigenvalue weighted by atomic mass is 9.80. The first-order valence-corrected chi connectivity index (χ1v) is 8.73. The minimum absolute atomic E-state index is 0.681. The molecule has 0 unspecified atom stereocenters. The van der Waals surface area contributed by atoms with Gasteiger partial charge < -0.3 is 9.76 Å². The average molecular weight is 346 g/mol. The van der Waals surface area contributed by atoms with Crippen molar-refractivity contribution in [3.05, 3.63) is 41.4 Å². The second-order valence-electron chi connectivity index (χ2n) is 6.77. The van der Waals surface area contributed by atoms with E-state index < -0.39 is 11.2 Å². The van der Waals surface area contributed by atoms with Crippen LogP contribution in [0.4, 0.5) is 0 Å². The van der Waals surface area contributed by atoms with Gasteiger partial charge in [-0.05, 0) is 62.1 Å². The SMILES string of the molecule is CC(C)(O)C(C)(C)O[B]c1cc(Cl)cc2sc3ccccc3c12. The number of thiophene rings is 1. The van der Waals surface area contributed by atoms with Crippen LogP contribution in [0.2, 0.25) is 5.02 Å². The second-order valence-corrected chi connectivity index (χ2v) is 8.29. The minimum atomic E-state index is -0.960. The van der Waals surface area contributed by atoms with Gasteiger partial charge in [0.05, 0.1) is 11.2 Å². The topological polar surface area (TPSA) is 29.5 Å². The highest BCUT2D eigenvalue weighted by atomic mass is 35.5. The van der Waals surface area contributed by atoms with Crippen molar-refractivity contribution in [2.45, 2.75) is 38.9 Å². The third-order valence-electron chi connectivity index (χ3n) is 4.43. The van der Waals surface area contributed by atoms with E-state index in [0.29, 0.717) is 5.02 Å². The Bertz CT molecular complexity index is 864. The molecular formula is C18H19BClO2S. The molecule has 0 saturated carbocycles. The zero-order chi connectivity index (χ0) is 16.8. The van der Waals surface area contributed by atoms with E-state index in [4.69, 9.17) is 16.3 Å². The van der Waals surface area contributed by atoms with Gasteiger partial charge in [0.15, 0.2) is 0 Å². The number of hydrogen-bond acceptors (Lipinski definition) is 3. The van der Waals surface area contributed by atoms with Crippen LogP contribution in [0.5, 0.6) is 0 Å². The van der Waals surface area contributed by atoms with Gasteiger partial charge in [-0.1, -0.05) is 29.8 Å². The summed E-state index contributed by atoms with van der Waals surface area (Å²) in [5.74, 6) is 0. The minimum Gasteiger partial charge on any atom is -0.427 e. The summed E-state index contributed by atoms with van der Waals surface area (Å²) >= 11 is 7.99. The van der Waals surface area contributed by atoms with Crippen LogP contribution in [0.25, 0.3) is 20.2 Å². The fourth-order valence-electron chi connectivity index (χ4n) is 2.30. The number of benzene rings is 2. The maximum absolute atomic E-state index is 10.3. The molecule has 3 rings (SSSR count). The molecule has 0 aliphatic carbocycles. The molecule has 0 bridgehead atoms. The molecule has 0 spiro atoms. The van der Waals surface area contributed by atoms with Gasteiger partial charge in [0.2, 0.25) is 0 Å². The lowest BCUT2D eigenvalue weighted by molar-refractivity contribution is -0.0893. The number of halogens is 1. The van der Waals surface area contributed by atoms with Gasteiger partial charge in [-0.15, -0.1) is 11.3 Å². The summed E-state index contributed by atoms with van der Waals surface area (Å²) in [5.41, 5.74) is -0.743. The molecule has 1 aromatic heterocycles. The average Bonchev–Trinajstić information content (AvgIpc) is 2.81. The van der Waals surface area contributed by atoms with Crippen molar-refractivity contribution in [1.82, 2.24) is 0 Å². The summed E-state index contributed by atoms with van der Waals surface area (Å²) in [4.78, 5) is 0. The third kappa shape index (κ3) is 3.13. The van der Waals surface area contributed by atoms with Crippen LogP contribution in [-0.2, 0) is 4.65 Å². The number of fused-ring (bicyclic) bond motifs is 3. The largest absolute Gasteiger partial charge is 0.427 e. The quantitative estimate of drug-likeness (QED) is 0.705. The van der Waals surface area contributed by atoms with Gasteiger partial charge in [0.1, 0.15) is 0 Å². The van der Waals surface area contributed by atoms with Gasteiger partial charge >= 0.3 is 7.48 Å². The molecule has 0 atom stereocenters. The number of aliphatic hydroxyl groups is 1. The Morgan fingerprint density at radius 2 is 1.78 bits per heavy atom. The highest BCUT2D eigenvalue weighted by Crippen LogP contribution is 2.34. The normalized spacial score (nSPS) is 13.0. The smallest absolute Gasteiger partial charge is 0.331 e. The Hall–Kier alpha value is -1.07. The Kier molecular flexibility index (Phi) is 4.22. The van der Waals surface area contributed by atoms with E-state index in [1.807, 2.05) is 38.1 Å². The lowest BCUT2D eigenvalue weighted by Crippen LogP contribution is -2.49. The van der Waals surface area contributed by atoms with E-state index >= 15 is 0 Å². The van der Waals surface area contributed by atoms with Gasteiger partial charge in [0, 0.05) is 14.4 Å². The molecule has 3 aromatic rings. The molecule has 1 radical (unpaired) electrons. The summed E-state index contributed by atoms with van der Waals surface area (Å²) in [7, 11) is 1.71. The van der Waals surface area contributed by atoms with Crippen LogP contribution in [0.15, 0.2) is 36.4 Å². The summed E-state index contributed by atoms with van der Waals surface area (Å²) in [6.45, 7) is 7.23. The number of rotatable bonds is 4. The predicted octanol–water partition coefficient (Wildman–Crippen LogP) is 4.52. The van der Waals surface area contributed by atoms with Crippen molar-refractivity contribution in [2.24, 2.45) is 0 Å². The van der Waals surface area contributed by atoms with E-state index in [-0.39, 0.29) is 0 Å². The Balaban J connectivity index is 2.07. The summed E-state index contributed by atoms with van der Waals surface area (Å²) in [6, 6.07) is 12.2. The van der Waals surface area contributed by atoms with Crippen LogP contribution in [-0.4, -0.2) is 23.8 Å². The van der Waals surface area contributed by atoms with Crippen LogP contribution in [0, 0.1) is 0 Å². The molecule has 0 aliphatic rings. The molecule has 2 aromatic carbocycles. The molecule has 0 fully saturated rings. The first-order valence-electron chi connectivity index (χ1n) is 7.53. The number of hydrogen-bond donors (Lipinski definition) is 1. The molecule has 0 aliphatic heterocycles. The lowest BCUT2D eigenvalue weighted by Gasteiger charge is -2.37. The molecule has 1 N–H and O–H groups in total. The van der Waals surface area contributed by atoms with Crippen LogP contribution in [0.1, 0.15) is 27.7 Å². The van der Waals surface area contributed by atoms with Crippen molar-refractivity contribution >= 4 is 56.1 Å². The Morgan fingerprint density at radius 3 is 2.48 bits per heavy atom. The van der Waals surface area contributed by atoms with E-state index in [1.54, 1.807) is 32.7 Å². The van der Waals surface area contributed by atoms with Crippen molar-refractivity contribution in [1.29, 1.82) is 0 Å². The summed E-state index contributed by atoms with van der Waals surface area (Å²) in [5, 5.41) is 13.3. The maximum Gasteiger partial charge on any atom is 0.331 e. The molecular weight excluding hydrogens is 327 g/mol. The monoisotopic (exact) mass is 345 g/mol. The van der Waals surface area contributed by atoms with E-state index in [0.717, 1.165) is 15.5 Å². The molecule has 0 amide bonds. The van der Waals surface area contributed by atoms with Crippen molar-refractivity contribution < 1.29 is 9.76 Å². The Morgan fingerprint density at radius 1 is 1.09 bits per heavy atom. The summed E-state index contributed by atoms with van der Waals surface area (Å²) in [6.07, 6.45) is 0.